The van der Waals surface area contributed by atoms with Crippen LogP contribution in [0, 0.1) is 15.9 Å². The third-order valence-corrected chi connectivity index (χ3v) is 1.75. The highest BCUT2D eigenvalue weighted by Crippen LogP contribution is 2.33. The molecular weight excluding hydrogens is 197 g/mol. The average Bonchev–Trinajstić information content (AvgIpc) is 2.02. The molecule has 1 aromatic carbocycles. The number of hydrogen-bond donors (Lipinski definition) is 1. The Morgan fingerprint density at radius 1 is 1.62 bits per heavy atom. The van der Waals surface area contributed by atoms with Crippen molar-refractivity contribution in [1.82, 2.24) is 0 Å². The molecule has 0 saturated heterocycles. The zero-order chi connectivity index (χ0) is 10.0. The van der Waals surface area contributed by atoms with Crippen LogP contribution in [0.1, 0.15) is 0 Å². The number of rotatable bonds is 2. The predicted molar refractivity (Wildman–Crippen MR) is 46.9 cm³/mol. The van der Waals surface area contributed by atoms with Gasteiger partial charge < -0.3 is 4.74 Å². The van der Waals surface area contributed by atoms with E-state index in [0.29, 0.717) is 0 Å². The van der Waals surface area contributed by atoms with Crippen LogP contribution in [0.4, 0.5) is 10.1 Å². The molecule has 1 rings (SSSR count). The zero-order valence-electron chi connectivity index (χ0n) is 6.65. The van der Waals surface area contributed by atoms with E-state index in [1.807, 2.05) is 0 Å². The van der Waals surface area contributed by atoms with Gasteiger partial charge in [0.1, 0.15) is 5.82 Å². The van der Waals surface area contributed by atoms with Crippen LogP contribution in [0.3, 0.4) is 0 Å². The number of methoxy groups -OCH3 is 1. The summed E-state index contributed by atoms with van der Waals surface area (Å²) in [7, 11) is 1.26. The van der Waals surface area contributed by atoms with Gasteiger partial charge in [-0.2, -0.15) is 0 Å². The van der Waals surface area contributed by atoms with Crippen LogP contribution >= 0.6 is 12.6 Å². The summed E-state index contributed by atoms with van der Waals surface area (Å²) in [6.07, 6.45) is 0. The highest BCUT2D eigenvalue weighted by Gasteiger charge is 2.18. The third-order valence-electron chi connectivity index (χ3n) is 1.42. The van der Waals surface area contributed by atoms with Crippen molar-refractivity contribution in [3.63, 3.8) is 0 Å². The number of benzene rings is 1. The molecule has 0 bridgehead atoms. The minimum atomic E-state index is -0.721. The Labute approximate surface area is 78.9 Å². The van der Waals surface area contributed by atoms with E-state index in [9.17, 15) is 14.5 Å². The molecule has 0 N–H and O–H groups in total. The minimum absolute atomic E-state index is 0.0327. The van der Waals surface area contributed by atoms with Gasteiger partial charge in [0.2, 0.25) is 5.75 Å². The fraction of sp³-hybridized carbons (Fsp3) is 0.143. The predicted octanol–water partition coefficient (Wildman–Crippen LogP) is 2.03. The standard InChI is InChI=1S/C7H6FNO3S/c1-12-7-5(9(10)11)2-4(8)3-6(7)13/h2-3,13H,1H3. The Balaban J connectivity index is 3.38. The average molecular weight is 203 g/mol. The number of halogens is 1. The Kier molecular flexibility index (Phi) is 2.72. The van der Waals surface area contributed by atoms with Crippen molar-refractivity contribution in [2.24, 2.45) is 0 Å². The SMILES string of the molecule is COc1c(S)cc(F)cc1[N+](=O)[O-]. The van der Waals surface area contributed by atoms with Crippen molar-refractivity contribution >= 4 is 18.3 Å². The van der Waals surface area contributed by atoms with Crippen molar-refractivity contribution in [3.8, 4) is 5.75 Å². The maximum atomic E-state index is 12.7. The van der Waals surface area contributed by atoms with Crippen LogP contribution in [0.5, 0.6) is 5.75 Å². The Bertz CT molecular complexity index is 356. The van der Waals surface area contributed by atoms with Crippen molar-refractivity contribution in [3.05, 3.63) is 28.1 Å². The quantitative estimate of drug-likeness (QED) is 0.454. The van der Waals surface area contributed by atoms with E-state index in [2.05, 4.69) is 12.6 Å². The monoisotopic (exact) mass is 203 g/mol. The smallest absolute Gasteiger partial charge is 0.315 e. The fourth-order valence-corrected chi connectivity index (χ4v) is 1.24. The lowest BCUT2D eigenvalue weighted by molar-refractivity contribution is -0.386. The number of nitrogens with zero attached hydrogens (tertiary/aromatic N) is 1. The maximum Gasteiger partial charge on any atom is 0.315 e. The van der Waals surface area contributed by atoms with E-state index in [1.165, 1.54) is 7.11 Å². The largest absolute Gasteiger partial charge is 0.489 e. The molecule has 0 saturated carbocycles. The van der Waals surface area contributed by atoms with Crippen molar-refractivity contribution < 1.29 is 14.1 Å². The summed E-state index contributed by atoms with van der Waals surface area (Å²) in [5.74, 6) is -0.743. The van der Waals surface area contributed by atoms with E-state index in [4.69, 9.17) is 4.74 Å². The molecule has 4 nitrogen and oxygen atoms in total. The van der Waals surface area contributed by atoms with Crippen LogP contribution in [-0.2, 0) is 0 Å². The summed E-state index contributed by atoms with van der Waals surface area (Å²) in [6, 6.07) is 1.84. The van der Waals surface area contributed by atoms with Gasteiger partial charge >= 0.3 is 5.69 Å². The van der Waals surface area contributed by atoms with E-state index < -0.39 is 16.4 Å². The summed E-state index contributed by atoms with van der Waals surface area (Å²) in [6.45, 7) is 0. The molecule has 0 heterocycles. The summed E-state index contributed by atoms with van der Waals surface area (Å²) >= 11 is 3.84. The number of nitro groups is 1. The molecule has 13 heavy (non-hydrogen) atoms. The molecular formula is C7H6FNO3S. The molecule has 0 radical (unpaired) electrons. The Morgan fingerprint density at radius 3 is 2.69 bits per heavy atom. The number of nitro benzene ring substituents is 1. The van der Waals surface area contributed by atoms with Gasteiger partial charge in [0.05, 0.1) is 23.0 Å². The van der Waals surface area contributed by atoms with Gasteiger partial charge in [-0.3, -0.25) is 10.1 Å². The first kappa shape index (κ1) is 9.79. The normalized spacial score (nSPS) is 9.77. The molecule has 0 aliphatic rings. The molecule has 6 heteroatoms. The van der Waals surface area contributed by atoms with Crippen LogP contribution in [0.15, 0.2) is 17.0 Å². The molecule has 0 atom stereocenters. The first-order valence-corrected chi connectivity index (χ1v) is 3.72. The van der Waals surface area contributed by atoms with E-state index >= 15 is 0 Å². The van der Waals surface area contributed by atoms with Crippen molar-refractivity contribution in [1.29, 1.82) is 0 Å². The first-order valence-electron chi connectivity index (χ1n) is 3.27. The van der Waals surface area contributed by atoms with Gasteiger partial charge in [0, 0.05) is 0 Å². The molecule has 0 amide bonds. The van der Waals surface area contributed by atoms with Gasteiger partial charge in [-0.15, -0.1) is 12.6 Å². The molecule has 0 aromatic heterocycles. The number of thiol groups is 1. The maximum absolute atomic E-state index is 12.7. The molecule has 1 aromatic rings. The van der Waals surface area contributed by atoms with E-state index in [0.717, 1.165) is 12.1 Å². The lowest BCUT2D eigenvalue weighted by Gasteiger charge is -2.03. The molecule has 0 aliphatic heterocycles. The van der Waals surface area contributed by atoms with Gasteiger partial charge in [-0.05, 0) is 6.07 Å². The molecule has 0 spiro atoms. The van der Waals surface area contributed by atoms with Gasteiger partial charge in [0.25, 0.3) is 0 Å². The number of ether oxygens (including phenoxy) is 1. The second-order valence-electron chi connectivity index (χ2n) is 2.23. The lowest BCUT2D eigenvalue weighted by Crippen LogP contribution is -1.95. The van der Waals surface area contributed by atoms with Crippen LogP contribution in [-0.4, -0.2) is 12.0 Å². The summed E-state index contributed by atoms with van der Waals surface area (Å²) < 4.78 is 17.4. The van der Waals surface area contributed by atoms with E-state index in [-0.39, 0.29) is 10.6 Å². The first-order chi connectivity index (χ1) is 6.06. The second kappa shape index (κ2) is 3.61. The van der Waals surface area contributed by atoms with Crippen LogP contribution in [0.25, 0.3) is 0 Å². The second-order valence-corrected chi connectivity index (χ2v) is 2.72. The van der Waals surface area contributed by atoms with Gasteiger partial charge in [-0.25, -0.2) is 4.39 Å². The Hall–Kier alpha value is -1.30. The Morgan fingerprint density at radius 2 is 2.23 bits per heavy atom. The van der Waals surface area contributed by atoms with Crippen molar-refractivity contribution in [2.45, 2.75) is 4.90 Å². The zero-order valence-corrected chi connectivity index (χ0v) is 7.55. The van der Waals surface area contributed by atoms with Crippen LogP contribution in [0.2, 0.25) is 0 Å². The highest BCUT2D eigenvalue weighted by atomic mass is 32.1. The topological polar surface area (TPSA) is 52.4 Å². The number of hydrogen-bond acceptors (Lipinski definition) is 4. The summed E-state index contributed by atoms with van der Waals surface area (Å²) in [5, 5.41) is 10.4. The van der Waals surface area contributed by atoms with Crippen molar-refractivity contribution in [2.75, 3.05) is 7.11 Å². The molecule has 0 aliphatic carbocycles. The van der Waals surface area contributed by atoms with Gasteiger partial charge in [0.15, 0.2) is 0 Å². The summed E-state index contributed by atoms with van der Waals surface area (Å²) in [4.78, 5) is 9.80. The highest BCUT2D eigenvalue weighted by molar-refractivity contribution is 7.80. The molecule has 0 fully saturated rings. The lowest BCUT2D eigenvalue weighted by atomic mass is 10.3. The van der Waals surface area contributed by atoms with Gasteiger partial charge in [-0.1, -0.05) is 0 Å². The molecule has 70 valence electrons. The third kappa shape index (κ3) is 1.89. The van der Waals surface area contributed by atoms with E-state index in [1.54, 1.807) is 0 Å². The van der Waals surface area contributed by atoms with Crippen LogP contribution < -0.4 is 4.74 Å². The minimum Gasteiger partial charge on any atom is -0.489 e. The fourth-order valence-electron chi connectivity index (χ4n) is 0.910. The molecule has 0 unspecified atom stereocenters. The summed E-state index contributed by atoms with van der Waals surface area (Å²) in [5.41, 5.74) is -0.424.